The zero-order chi connectivity index (χ0) is 5.40. The van der Waals surface area contributed by atoms with Crippen molar-refractivity contribution in [2.75, 3.05) is 0 Å². The van der Waals surface area contributed by atoms with Gasteiger partial charge in [-0.05, 0) is 0 Å². The Bertz CT molecular complexity index is 167. The summed E-state index contributed by atoms with van der Waals surface area (Å²) in [5.41, 5.74) is 2.66. The molecule has 1 fully saturated rings. The number of aromatic nitrogens is 2. The van der Waals surface area contributed by atoms with Gasteiger partial charge in [0.25, 0.3) is 0 Å². The first-order chi connectivity index (χ1) is 3.97. The zero-order valence-corrected chi connectivity index (χ0v) is 4.11. The predicted molar refractivity (Wildman–Crippen MR) is 25.5 cm³/mol. The van der Waals surface area contributed by atoms with Gasteiger partial charge in [0.2, 0.25) is 6.35 Å². The molecule has 42 valence electrons. The lowest BCUT2D eigenvalue weighted by molar-refractivity contribution is 0.332. The standard InChI is InChI=1S/C4H5N3O/c1-2-7(3-5-1)4-6-8-4/h1-4,6H. The Morgan fingerprint density at radius 3 is 3.12 bits per heavy atom. The van der Waals surface area contributed by atoms with E-state index in [4.69, 9.17) is 4.84 Å². The molecule has 0 aliphatic carbocycles. The molecule has 4 nitrogen and oxygen atoms in total. The third-order valence-electron chi connectivity index (χ3n) is 1.02. The summed E-state index contributed by atoms with van der Waals surface area (Å²) < 4.78 is 1.83. The van der Waals surface area contributed by atoms with Crippen molar-refractivity contribution in [2.24, 2.45) is 0 Å². The molecule has 1 atom stereocenters. The molecule has 2 rings (SSSR count). The predicted octanol–water partition coefficient (Wildman–Crippen LogP) is -0.126. The fourth-order valence-electron chi connectivity index (χ4n) is 0.560. The van der Waals surface area contributed by atoms with E-state index in [1.165, 1.54) is 0 Å². The molecule has 4 heteroatoms. The van der Waals surface area contributed by atoms with Crippen LogP contribution in [0, 0.1) is 0 Å². The van der Waals surface area contributed by atoms with Crippen LogP contribution < -0.4 is 5.48 Å². The Morgan fingerprint density at radius 1 is 1.75 bits per heavy atom. The van der Waals surface area contributed by atoms with Crippen molar-refractivity contribution < 1.29 is 4.84 Å². The number of nitrogens with one attached hydrogen (secondary N) is 1. The van der Waals surface area contributed by atoms with Gasteiger partial charge < -0.3 is 0 Å². The summed E-state index contributed by atoms with van der Waals surface area (Å²) in [6.07, 6.45) is 5.29. The minimum Gasteiger partial charge on any atom is -0.295 e. The molecule has 0 bridgehead atoms. The van der Waals surface area contributed by atoms with Gasteiger partial charge >= 0.3 is 0 Å². The van der Waals surface area contributed by atoms with Gasteiger partial charge in [0.15, 0.2) is 0 Å². The molecule has 0 amide bonds. The quantitative estimate of drug-likeness (QED) is 0.514. The number of imidazole rings is 1. The minimum atomic E-state index is 0.0394. The maximum absolute atomic E-state index is 4.73. The van der Waals surface area contributed by atoms with Crippen molar-refractivity contribution in [1.29, 1.82) is 0 Å². The highest BCUT2D eigenvalue weighted by Gasteiger charge is 2.22. The molecule has 0 aromatic carbocycles. The number of hydrogen-bond acceptors (Lipinski definition) is 3. The molecule has 1 aliphatic heterocycles. The molecule has 1 aliphatic rings. The van der Waals surface area contributed by atoms with Crippen molar-refractivity contribution in [3.63, 3.8) is 0 Å². The van der Waals surface area contributed by atoms with Gasteiger partial charge in [-0.15, -0.1) is 5.48 Å². The summed E-state index contributed by atoms with van der Waals surface area (Å²) in [7, 11) is 0. The SMILES string of the molecule is c1cn(C2NO2)cn1. The average molecular weight is 111 g/mol. The zero-order valence-electron chi connectivity index (χ0n) is 4.11. The maximum Gasteiger partial charge on any atom is 0.231 e. The third kappa shape index (κ3) is 0.508. The molecule has 1 N–H and O–H groups in total. The first-order valence-corrected chi connectivity index (χ1v) is 2.35. The van der Waals surface area contributed by atoms with Gasteiger partial charge in [0.1, 0.15) is 0 Å². The Balaban J connectivity index is 2.28. The van der Waals surface area contributed by atoms with E-state index in [2.05, 4.69) is 10.5 Å². The first kappa shape index (κ1) is 4.05. The molecule has 2 heterocycles. The van der Waals surface area contributed by atoms with Crippen LogP contribution in [0.1, 0.15) is 6.35 Å². The van der Waals surface area contributed by atoms with Gasteiger partial charge in [-0.2, -0.15) is 0 Å². The van der Waals surface area contributed by atoms with Crippen molar-refractivity contribution >= 4 is 0 Å². The summed E-state index contributed by atoms with van der Waals surface area (Å²) in [6.45, 7) is 0. The van der Waals surface area contributed by atoms with Gasteiger partial charge in [0, 0.05) is 12.4 Å². The monoisotopic (exact) mass is 111 g/mol. The van der Waals surface area contributed by atoms with Crippen LogP contribution >= 0.6 is 0 Å². The molecule has 0 radical (unpaired) electrons. The van der Waals surface area contributed by atoms with Crippen LogP contribution in [0.15, 0.2) is 18.7 Å². The molecule has 0 saturated carbocycles. The Kier molecular flexibility index (Phi) is 0.660. The maximum atomic E-state index is 4.73. The topological polar surface area (TPSA) is 52.3 Å². The van der Waals surface area contributed by atoms with Crippen LogP contribution in [-0.4, -0.2) is 9.55 Å². The van der Waals surface area contributed by atoms with Gasteiger partial charge in [-0.25, -0.2) is 4.98 Å². The van der Waals surface area contributed by atoms with Crippen molar-refractivity contribution in [2.45, 2.75) is 6.35 Å². The van der Waals surface area contributed by atoms with Gasteiger partial charge in [-0.3, -0.25) is 9.40 Å². The highest BCUT2D eigenvalue weighted by Crippen LogP contribution is 2.12. The molecule has 1 saturated heterocycles. The highest BCUT2D eigenvalue weighted by molar-refractivity contribution is 4.77. The second-order valence-electron chi connectivity index (χ2n) is 1.60. The molecular formula is C4H5N3O. The van der Waals surface area contributed by atoms with E-state index in [1.807, 2.05) is 10.8 Å². The first-order valence-electron chi connectivity index (χ1n) is 2.35. The van der Waals surface area contributed by atoms with E-state index in [0.717, 1.165) is 0 Å². The van der Waals surface area contributed by atoms with E-state index in [1.54, 1.807) is 12.5 Å². The van der Waals surface area contributed by atoms with Crippen LogP contribution in [0.4, 0.5) is 0 Å². The minimum absolute atomic E-state index is 0.0394. The lowest BCUT2D eigenvalue weighted by Gasteiger charge is -1.85. The largest absolute Gasteiger partial charge is 0.295 e. The Labute approximate surface area is 46.0 Å². The molecule has 0 spiro atoms. The van der Waals surface area contributed by atoms with Gasteiger partial charge in [-0.1, -0.05) is 0 Å². The molecule has 8 heavy (non-hydrogen) atoms. The van der Waals surface area contributed by atoms with Crippen LogP contribution in [0.25, 0.3) is 0 Å². The second kappa shape index (κ2) is 1.30. The lowest BCUT2D eigenvalue weighted by Crippen LogP contribution is -1.91. The summed E-state index contributed by atoms with van der Waals surface area (Å²) in [4.78, 5) is 8.55. The lowest BCUT2D eigenvalue weighted by atomic mass is 10.9. The Morgan fingerprint density at radius 2 is 2.62 bits per heavy atom. The van der Waals surface area contributed by atoms with Crippen LogP contribution in [0.5, 0.6) is 0 Å². The fourth-order valence-corrected chi connectivity index (χ4v) is 0.560. The van der Waals surface area contributed by atoms with E-state index >= 15 is 0 Å². The second-order valence-corrected chi connectivity index (χ2v) is 1.60. The van der Waals surface area contributed by atoms with Crippen molar-refractivity contribution in [3.8, 4) is 0 Å². The smallest absolute Gasteiger partial charge is 0.231 e. The number of hydrogen-bond donors (Lipinski definition) is 1. The van der Waals surface area contributed by atoms with Crippen LogP contribution in [-0.2, 0) is 4.84 Å². The van der Waals surface area contributed by atoms with Gasteiger partial charge in [0.05, 0.1) is 6.33 Å². The van der Waals surface area contributed by atoms with E-state index in [9.17, 15) is 0 Å². The number of nitrogens with zero attached hydrogens (tertiary/aromatic N) is 2. The summed E-state index contributed by atoms with van der Waals surface area (Å²) in [6, 6.07) is 0. The summed E-state index contributed by atoms with van der Waals surface area (Å²) in [5.74, 6) is 0. The molecular weight excluding hydrogens is 106 g/mol. The molecule has 1 aromatic heterocycles. The molecule has 1 aromatic rings. The van der Waals surface area contributed by atoms with E-state index in [-0.39, 0.29) is 6.35 Å². The summed E-state index contributed by atoms with van der Waals surface area (Å²) in [5, 5.41) is 0. The normalized spacial score (nSPS) is 25.8. The third-order valence-corrected chi connectivity index (χ3v) is 1.02. The average Bonchev–Trinajstić information content (AvgIpc) is 2.49. The number of hydroxylamine groups is 1. The van der Waals surface area contributed by atoms with Crippen molar-refractivity contribution in [3.05, 3.63) is 18.7 Å². The number of rotatable bonds is 1. The fraction of sp³-hybridized carbons (Fsp3) is 0.250. The van der Waals surface area contributed by atoms with Crippen molar-refractivity contribution in [1.82, 2.24) is 15.0 Å². The van der Waals surface area contributed by atoms with Crippen LogP contribution in [0.2, 0.25) is 0 Å². The summed E-state index contributed by atoms with van der Waals surface area (Å²) >= 11 is 0. The van der Waals surface area contributed by atoms with E-state index < -0.39 is 0 Å². The van der Waals surface area contributed by atoms with E-state index in [0.29, 0.717) is 0 Å². The van der Waals surface area contributed by atoms with Crippen LogP contribution in [0.3, 0.4) is 0 Å². The highest BCUT2D eigenvalue weighted by atomic mass is 16.8. The molecule has 1 unspecified atom stereocenters. The Hall–Kier alpha value is -0.870.